The summed E-state index contributed by atoms with van der Waals surface area (Å²) < 4.78 is 7.03. The van der Waals surface area contributed by atoms with Gasteiger partial charge in [0.15, 0.2) is 0 Å². The molecular weight excluding hydrogens is 320 g/mol. The van der Waals surface area contributed by atoms with Gasteiger partial charge in [-0.1, -0.05) is 12.1 Å². The van der Waals surface area contributed by atoms with E-state index in [2.05, 4.69) is 10.6 Å². The molecule has 2 amide bonds. The van der Waals surface area contributed by atoms with Crippen molar-refractivity contribution in [2.24, 2.45) is 7.05 Å². The number of rotatable bonds is 3. The number of hydrogen-bond acceptors (Lipinski definition) is 4. The van der Waals surface area contributed by atoms with Crippen LogP contribution in [-0.4, -0.2) is 64.1 Å². The van der Waals surface area contributed by atoms with Gasteiger partial charge in [-0.15, -0.1) is 0 Å². The van der Waals surface area contributed by atoms with Crippen LogP contribution in [0.1, 0.15) is 24.6 Å². The van der Waals surface area contributed by atoms with Gasteiger partial charge in [0.25, 0.3) is 0 Å². The Balaban J connectivity index is 1.49. The van der Waals surface area contributed by atoms with E-state index in [4.69, 9.17) is 9.72 Å². The molecule has 1 atom stereocenters. The number of benzene rings is 1. The number of amides is 2. The van der Waals surface area contributed by atoms with E-state index in [0.717, 1.165) is 36.2 Å². The highest BCUT2D eigenvalue weighted by atomic mass is 16.6. The van der Waals surface area contributed by atoms with Crippen molar-refractivity contribution in [2.75, 3.05) is 32.8 Å². The second-order valence-corrected chi connectivity index (χ2v) is 6.73. The third-order valence-corrected chi connectivity index (χ3v) is 5.13. The van der Waals surface area contributed by atoms with Gasteiger partial charge in [-0.3, -0.25) is 9.69 Å². The third kappa shape index (κ3) is 2.94. The number of carbonyl (C=O) groups is 2. The molecule has 3 heterocycles. The van der Waals surface area contributed by atoms with E-state index >= 15 is 0 Å². The molecule has 1 aromatic heterocycles. The third-order valence-electron chi connectivity index (χ3n) is 5.13. The first-order chi connectivity index (χ1) is 12.1. The van der Waals surface area contributed by atoms with Crippen molar-refractivity contribution < 1.29 is 14.3 Å². The lowest BCUT2D eigenvalue weighted by molar-refractivity contribution is -0.133. The van der Waals surface area contributed by atoms with Gasteiger partial charge in [0, 0.05) is 26.1 Å². The Morgan fingerprint density at radius 3 is 2.92 bits per heavy atom. The van der Waals surface area contributed by atoms with Crippen molar-refractivity contribution in [3.05, 3.63) is 30.1 Å². The van der Waals surface area contributed by atoms with Crippen molar-refractivity contribution in [3.63, 3.8) is 0 Å². The first-order valence-corrected chi connectivity index (χ1v) is 8.74. The highest BCUT2D eigenvalue weighted by Crippen LogP contribution is 2.28. The number of nitrogens with zero attached hydrogens (tertiary/aromatic N) is 4. The Hall–Kier alpha value is -2.57. The molecule has 0 N–H and O–H groups in total. The van der Waals surface area contributed by atoms with Gasteiger partial charge in [-0.25, -0.2) is 9.78 Å². The minimum atomic E-state index is -0.391. The number of cyclic esters (lactones) is 1. The van der Waals surface area contributed by atoms with Gasteiger partial charge in [0.1, 0.15) is 19.0 Å². The molecule has 1 unspecified atom stereocenters. The average molecular weight is 342 g/mol. The van der Waals surface area contributed by atoms with Crippen molar-refractivity contribution >= 4 is 23.0 Å². The Labute approximate surface area is 146 Å². The van der Waals surface area contributed by atoms with Crippen LogP contribution in [0.15, 0.2) is 24.3 Å². The zero-order valence-corrected chi connectivity index (χ0v) is 14.4. The summed E-state index contributed by atoms with van der Waals surface area (Å²) in [5, 5.41) is 0. The zero-order chi connectivity index (χ0) is 17.4. The topological polar surface area (TPSA) is 67.7 Å². The molecule has 25 heavy (non-hydrogen) atoms. The molecular formula is C18H22N4O3. The van der Waals surface area contributed by atoms with Crippen LogP contribution in [0, 0.1) is 0 Å². The molecule has 2 aromatic rings. The number of fused-ring (bicyclic) bond motifs is 1. The summed E-state index contributed by atoms with van der Waals surface area (Å²) >= 11 is 0. The van der Waals surface area contributed by atoms with Crippen LogP contribution in [0.5, 0.6) is 0 Å². The van der Waals surface area contributed by atoms with Gasteiger partial charge in [-0.05, 0) is 25.0 Å². The summed E-state index contributed by atoms with van der Waals surface area (Å²) in [5.41, 5.74) is 2.10. The van der Waals surface area contributed by atoms with Crippen molar-refractivity contribution in [1.82, 2.24) is 19.4 Å². The van der Waals surface area contributed by atoms with Crippen LogP contribution >= 0.6 is 0 Å². The first kappa shape index (κ1) is 15.9. The fraction of sp³-hybridized carbons (Fsp3) is 0.500. The van der Waals surface area contributed by atoms with Crippen LogP contribution in [0.4, 0.5) is 4.79 Å². The second-order valence-electron chi connectivity index (χ2n) is 6.73. The number of ether oxygens (including phenoxy) is 1. The molecule has 7 nitrogen and oxygen atoms in total. The minimum Gasteiger partial charge on any atom is -0.448 e. The van der Waals surface area contributed by atoms with E-state index in [9.17, 15) is 9.59 Å². The molecule has 132 valence electrons. The fourth-order valence-electron chi connectivity index (χ4n) is 3.78. The molecule has 0 spiro atoms. The number of para-hydroxylation sites is 2. The molecule has 2 saturated heterocycles. The average Bonchev–Trinajstić information content (AvgIpc) is 3.19. The molecule has 0 radical (unpaired) electrons. The SMILES string of the molecule is Cn1c(C2CCCN(C(=O)CN3CCOC3=O)C2)nc2ccccc21. The summed E-state index contributed by atoms with van der Waals surface area (Å²) in [5.74, 6) is 1.24. The van der Waals surface area contributed by atoms with E-state index in [0.29, 0.717) is 19.7 Å². The molecule has 7 heteroatoms. The van der Waals surface area contributed by atoms with Gasteiger partial charge >= 0.3 is 6.09 Å². The predicted molar refractivity (Wildman–Crippen MR) is 92.2 cm³/mol. The Morgan fingerprint density at radius 1 is 1.32 bits per heavy atom. The molecule has 0 bridgehead atoms. The summed E-state index contributed by atoms with van der Waals surface area (Å²) in [7, 11) is 2.03. The molecule has 1 aromatic carbocycles. The van der Waals surface area contributed by atoms with E-state index in [1.54, 1.807) is 0 Å². The van der Waals surface area contributed by atoms with E-state index in [-0.39, 0.29) is 18.4 Å². The standard InChI is InChI=1S/C18H22N4O3/c1-20-15-7-3-2-6-14(15)19-17(20)13-5-4-8-21(11-13)16(23)12-22-9-10-25-18(22)24/h2-3,6-7,13H,4-5,8-12H2,1H3. The lowest BCUT2D eigenvalue weighted by Gasteiger charge is -2.33. The highest BCUT2D eigenvalue weighted by Gasteiger charge is 2.31. The quantitative estimate of drug-likeness (QED) is 0.852. The Kier molecular flexibility index (Phi) is 4.07. The zero-order valence-electron chi connectivity index (χ0n) is 14.4. The lowest BCUT2D eigenvalue weighted by Crippen LogP contribution is -2.45. The molecule has 0 aliphatic carbocycles. The lowest BCUT2D eigenvalue weighted by atomic mass is 9.97. The minimum absolute atomic E-state index is 0.0117. The molecule has 2 aliphatic rings. The molecule has 4 rings (SSSR count). The number of aromatic nitrogens is 2. The van der Waals surface area contributed by atoms with Crippen LogP contribution in [0.2, 0.25) is 0 Å². The van der Waals surface area contributed by atoms with Crippen molar-refractivity contribution in [3.8, 4) is 0 Å². The molecule has 0 saturated carbocycles. The number of imidazole rings is 1. The predicted octanol–water partition coefficient (Wildman–Crippen LogP) is 1.73. The normalized spacial score (nSPS) is 21.0. The molecule has 2 fully saturated rings. The molecule has 2 aliphatic heterocycles. The van der Waals surface area contributed by atoms with Crippen LogP contribution in [0.25, 0.3) is 11.0 Å². The summed E-state index contributed by atoms with van der Waals surface area (Å²) in [4.78, 5) is 32.2. The number of likely N-dealkylation sites (tertiary alicyclic amines) is 1. The summed E-state index contributed by atoms with van der Waals surface area (Å²) in [6.45, 7) is 2.36. The Morgan fingerprint density at radius 2 is 2.16 bits per heavy atom. The maximum atomic E-state index is 12.6. The summed E-state index contributed by atoms with van der Waals surface area (Å²) in [6.07, 6.45) is 1.58. The van der Waals surface area contributed by atoms with Crippen molar-refractivity contribution in [2.45, 2.75) is 18.8 Å². The van der Waals surface area contributed by atoms with Crippen LogP contribution < -0.4 is 0 Å². The Bertz CT molecular complexity index is 816. The first-order valence-electron chi connectivity index (χ1n) is 8.74. The highest BCUT2D eigenvalue weighted by molar-refractivity contribution is 5.83. The van der Waals surface area contributed by atoms with E-state index in [1.165, 1.54) is 4.90 Å². The fourth-order valence-corrected chi connectivity index (χ4v) is 3.78. The van der Waals surface area contributed by atoms with Gasteiger partial charge in [0.05, 0.1) is 17.6 Å². The van der Waals surface area contributed by atoms with E-state index in [1.807, 2.05) is 30.1 Å². The number of carbonyl (C=O) groups excluding carboxylic acids is 2. The maximum absolute atomic E-state index is 12.6. The van der Waals surface area contributed by atoms with Crippen LogP contribution in [-0.2, 0) is 16.6 Å². The summed E-state index contributed by atoms with van der Waals surface area (Å²) in [6, 6.07) is 8.09. The number of aryl methyl sites for hydroxylation is 1. The van der Waals surface area contributed by atoms with Crippen LogP contribution in [0.3, 0.4) is 0 Å². The van der Waals surface area contributed by atoms with Gasteiger partial charge in [-0.2, -0.15) is 0 Å². The number of piperidine rings is 1. The van der Waals surface area contributed by atoms with Gasteiger partial charge < -0.3 is 14.2 Å². The second kappa shape index (κ2) is 6.38. The smallest absolute Gasteiger partial charge is 0.410 e. The maximum Gasteiger partial charge on any atom is 0.410 e. The van der Waals surface area contributed by atoms with Crippen molar-refractivity contribution in [1.29, 1.82) is 0 Å². The van der Waals surface area contributed by atoms with E-state index < -0.39 is 6.09 Å². The van der Waals surface area contributed by atoms with Gasteiger partial charge in [0.2, 0.25) is 5.91 Å². The monoisotopic (exact) mass is 342 g/mol. The number of hydrogen-bond donors (Lipinski definition) is 0. The largest absolute Gasteiger partial charge is 0.448 e.